The first-order valence-electron chi connectivity index (χ1n) is 6.76. The Labute approximate surface area is 137 Å². The number of aromatic nitrogens is 3. The van der Waals surface area contributed by atoms with Crippen LogP contribution in [0.2, 0.25) is 0 Å². The molecule has 24 heavy (non-hydrogen) atoms. The van der Waals surface area contributed by atoms with Crippen LogP contribution in [0.15, 0.2) is 34.0 Å². The van der Waals surface area contributed by atoms with Gasteiger partial charge in [-0.05, 0) is 31.4 Å². The van der Waals surface area contributed by atoms with Crippen LogP contribution in [0.1, 0.15) is 11.3 Å². The van der Waals surface area contributed by atoms with E-state index in [1.807, 2.05) is 0 Å². The highest BCUT2D eigenvalue weighted by Gasteiger charge is 2.31. The molecule has 2 heterocycles. The minimum atomic E-state index is -4.62. The van der Waals surface area contributed by atoms with Gasteiger partial charge in [-0.3, -0.25) is 9.89 Å². The van der Waals surface area contributed by atoms with E-state index in [0.29, 0.717) is 16.7 Å². The summed E-state index contributed by atoms with van der Waals surface area (Å²) in [5, 5.41) is 2.69. The maximum Gasteiger partial charge on any atom is 0.416 e. The molecule has 0 amide bonds. The largest absolute Gasteiger partial charge is 0.416 e. The van der Waals surface area contributed by atoms with Crippen LogP contribution in [-0.4, -0.2) is 20.9 Å². The summed E-state index contributed by atoms with van der Waals surface area (Å²) in [5.74, 6) is -1.04. The molecule has 4 nitrogen and oxygen atoms in total. The second kappa shape index (κ2) is 5.66. The van der Waals surface area contributed by atoms with Crippen molar-refractivity contribution in [1.82, 2.24) is 14.6 Å². The summed E-state index contributed by atoms with van der Waals surface area (Å²) in [6.45, 7) is 1.68. The van der Waals surface area contributed by atoms with Gasteiger partial charge in [0.2, 0.25) is 0 Å². The lowest BCUT2D eigenvalue weighted by Gasteiger charge is -2.08. The summed E-state index contributed by atoms with van der Waals surface area (Å²) in [5.41, 5.74) is -0.519. The number of thioether (sulfide) groups is 1. The molecule has 3 rings (SSSR count). The van der Waals surface area contributed by atoms with Gasteiger partial charge in [-0.2, -0.15) is 13.2 Å². The number of nitrogens with zero attached hydrogens (tertiary/aromatic N) is 2. The molecule has 0 atom stereocenters. The number of H-pyrrole nitrogens is 1. The number of benzene rings is 1. The van der Waals surface area contributed by atoms with Crippen molar-refractivity contribution < 1.29 is 17.6 Å². The average Bonchev–Trinajstić information content (AvgIpc) is 2.90. The number of rotatable bonds is 2. The first kappa shape index (κ1) is 16.6. The zero-order chi connectivity index (χ0) is 17.6. The minimum Gasteiger partial charge on any atom is -0.289 e. The van der Waals surface area contributed by atoms with Gasteiger partial charge in [-0.1, -0.05) is 0 Å². The summed E-state index contributed by atoms with van der Waals surface area (Å²) in [4.78, 5) is 17.0. The minimum absolute atomic E-state index is 0.0729. The Balaban J connectivity index is 2.17. The molecular weight excluding hydrogens is 346 g/mol. The van der Waals surface area contributed by atoms with Crippen LogP contribution in [0, 0.1) is 12.7 Å². The predicted molar refractivity (Wildman–Crippen MR) is 82.7 cm³/mol. The van der Waals surface area contributed by atoms with Crippen LogP contribution >= 0.6 is 11.8 Å². The van der Waals surface area contributed by atoms with Crippen LogP contribution in [0.3, 0.4) is 0 Å². The second-order valence-corrected chi connectivity index (χ2v) is 5.91. The van der Waals surface area contributed by atoms with Crippen LogP contribution in [-0.2, 0) is 6.18 Å². The zero-order valence-electron chi connectivity index (χ0n) is 12.5. The molecule has 0 unspecified atom stereocenters. The Morgan fingerprint density at radius 1 is 1.25 bits per heavy atom. The van der Waals surface area contributed by atoms with Gasteiger partial charge in [0.25, 0.3) is 5.56 Å². The van der Waals surface area contributed by atoms with Gasteiger partial charge in [-0.15, -0.1) is 11.8 Å². The topological polar surface area (TPSA) is 50.2 Å². The quantitative estimate of drug-likeness (QED) is 0.559. The van der Waals surface area contributed by atoms with Gasteiger partial charge in [0.05, 0.1) is 21.8 Å². The van der Waals surface area contributed by atoms with Gasteiger partial charge < -0.3 is 0 Å². The number of alkyl halides is 3. The third-order valence-electron chi connectivity index (χ3n) is 3.53. The molecule has 1 N–H and O–H groups in total. The fourth-order valence-electron chi connectivity index (χ4n) is 2.40. The van der Waals surface area contributed by atoms with E-state index < -0.39 is 17.6 Å². The van der Waals surface area contributed by atoms with Crippen LogP contribution < -0.4 is 5.56 Å². The van der Waals surface area contributed by atoms with Crippen molar-refractivity contribution in [1.29, 1.82) is 0 Å². The molecule has 0 aliphatic rings. The average molecular weight is 357 g/mol. The number of nitrogens with one attached hydrogen (secondary N) is 1. The molecule has 0 spiro atoms. The molecule has 1 aromatic carbocycles. The van der Waals surface area contributed by atoms with Crippen molar-refractivity contribution in [3.8, 4) is 11.3 Å². The Bertz CT molecular complexity index is 991. The first-order valence-corrected chi connectivity index (χ1v) is 7.98. The Hall–Kier alpha value is -2.29. The van der Waals surface area contributed by atoms with Crippen molar-refractivity contribution in [3.63, 3.8) is 0 Å². The Morgan fingerprint density at radius 2 is 1.96 bits per heavy atom. The van der Waals surface area contributed by atoms with Crippen molar-refractivity contribution in [2.75, 3.05) is 6.26 Å². The van der Waals surface area contributed by atoms with Crippen molar-refractivity contribution in [2.45, 2.75) is 18.0 Å². The summed E-state index contributed by atoms with van der Waals surface area (Å²) in [7, 11) is 0. The zero-order valence-corrected chi connectivity index (χ0v) is 13.3. The van der Waals surface area contributed by atoms with Crippen molar-refractivity contribution in [3.05, 3.63) is 51.7 Å². The lowest BCUT2D eigenvalue weighted by atomic mass is 10.1. The number of fused-ring (bicyclic) bond motifs is 1. The lowest BCUT2D eigenvalue weighted by molar-refractivity contribution is -0.137. The number of hydrogen-bond acceptors (Lipinski definition) is 3. The lowest BCUT2D eigenvalue weighted by Crippen LogP contribution is -2.18. The highest BCUT2D eigenvalue weighted by molar-refractivity contribution is 7.98. The number of aromatic amines is 1. The summed E-state index contributed by atoms with van der Waals surface area (Å²) < 4.78 is 53.1. The monoisotopic (exact) mass is 357 g/mol. The van der Waals surface area contributed by atoms with Crippen molar-refractivity contribution in [2.24, 2.45) is 0 Å². The van der Waals surface area contributed by atoms with E-state index in [4.69, 9.17) is 0 Å². The van der Waals surface area contributed by atoms with Gasteiger partial charge in [0.1, 0.15) is 5.82 Å². The van der Waals surface area contributed by atoms with E-state index in [9.17, 15) is 22.4 Å². The van der Waals surface area contributed by atoms with E-state index >= 15 is 0 Å². The predicted octanol–water partition coefficient (Wildman–Crippen LogP) is 3.88. The highest BCUT2D eigenvalue weighted by atomic mass is 32.2. The normalized spacial score (nSPS) is 12.1. The summed E-state index contributed by atoms with van der Waals surface area (Å²) in [6, 6.07) is 3.66. The number of hydrogen-bond donors (Lipinski definition) is 1. The number of halogens is 4. The van der Waals surface area contributed by atoms with Crippen LogP contribution in [0.5, 0.6) is 0 Å². The molecule has 0 saturated heterocycles. The first-order chi connectivity index (χ1) is 11.2. The molecule has 3 aromatic rings. The molecule has 126 valence electrons. The van der Waals surface area contributed by atoms with E-state index in [1.54, 1.807) is 13.2 Å². The second-order valence-electron chi connectivity index (χ2n) is 5.09. The SMILES string of the molecule is CSc1c(C)nc2cc(-c3ccc(C(F)(F)F)cc3F)[nH]n2c1=O. The molecule has 0 bridgehead atoms. The molecule has 2 aromatic heterocycles. The summed E-state index contributed by atoms with van der Waals surface area (Å²) >= 11 is 1.23. The molecular formula is C15H11F4N3OS. The van der Waals surface area contributed by atoms with Crippen molar-refractivity contribution >= 4 is 17.4 Å². The standard InChI is InChI=1S/C15H11F4N3OS/c1-7-13(24-2)14(23)22-12(20-7)6-11(21-22)9-4-3-8(5-10(9)16)15(17,18)19/h3-6,21H,1-2H3. The number of aryl methyl sites for hydroxylation is 1. The molecule has 0 aliphatic carbocycles. The molecule has 0 aliphatic heterocycles. The molecule has 0 radical (unpaired) electrons. The highest BCUT2D eigenvalue weighted by Crippen LogP contribution is 2.32. The van der Waals surface area contributed by atoms with E-state index in [-0.39, 0.29) is 22.5 Å². The Morgan fingerprint density at radius 3 is 2.54 bits per heavy atom. The van der Waals surface area contributed by atoms with Gasteiger partial charge in [-0.25, -0.2) is 13.9 Å². The fraction of sp³-hybridized carbons (Fsp3) is 0.200. The maximum absolute atomic E-state index is 14.1. The third-order valence-corrected chi connectivity index (χ3v) is 4.41. The van der Waals surface area contributed by atoms with Gasteiger partial charge in [0, 0.05) is 11.6 Å². The van der Waals surface area contributed by atoms with E-state index in [2.05, 4.69) is 10.1 Å². The molecule has 0 saturated carbocycles. The van der Waals surface area contributed by atoms with Crippen LogP contribution in [0.4, 0.5) is 17.6 Å². The third kappa shape index (κ3) is 2.68. The molecule has 9 heteroatoms. The van der Waals surface area contributed by atoms with Gasteiger partial charge in [0.15, 0.2) is 5.65 Å². The van der Waals surface area contributed by atoms with E-state index in [0.717, 1.165) is 16.6 Å². The summed E-state index contributed by atoms with van der Waals surface area (Å²) in [6.07, 6.45) is -2.89. The van der Waals surface area contributed by atoms with Crippen LogP contribution in [0.25, 0.3) is 16.9 Å². The Kier molecular flexibility index (Phi) is 3.90. The maximum atomic E-state index is 14.1. The smallest absolute Gasteiger partial charge is 0.289 e. The fourth-order valence-corrected chi connectivity index (χ4v) is 3.01. The molecule has 0 fully saturated rings. The van der Waals surface area contributed by atoms with E-state index in [1.165, 1.54) is 17.8 Å². The van der Waals surface area contributed by atoms with Gasteiger partial charge >= 0.3 is 6.18 Å².